The van der Waals surface area contributed by atoms with Crippen LogP contribution in [0, 0.1) is 0 Å². The minimum absolute atomic E-state index is 0.599. The zero-order chi connectivity index (χ0) is 13.1. The van der Waals surface area contributed by atoms with Crippen LogP contribution in [-0.4, -0.2) is 37.5 Å². The van der Waals surface area contributed by atoms with E-state index in [0.29, 0.717) is 5.88 Å². The van der Waals surface area contributed by atoms with Crippen LogP contribution in [0.1, 0.15) is 12.0 Å². The van der Waals surface area contributed by atoms with Crippen molar-refractivity contribution in [1.29, 1.82) is 0 Å². The zero-order valence-corrected chi connectivity index (χ0v) is 11.9. The fourth-order valence-corrected chi connectivity index (χ4v) is 1.91. The average molecular weight is 267 g/mol. The highest BCUT2D eigenvalue weighted by Gasteiger charge is 1.98. The van der Waals surface area contributed by atoms with Crippen LogP contribution in [0.25, 0.3) is 0 Å². The van der Waals surface area contributed by atoms with Crippen LogP contribution in [0.4, 0.5) is 0 Å². The van der Waals surface area contributed by atoms with Crippen LogP contribution in [-0.2, 0) is 6.54 Å². The third-order valence-corrected chi connectivity index (χ3v) is 2.88. The number of halogens is 1. The number of alkyl halides is 1. The first-order valence-electron chi connectivity index (χ1n) is 6.47. The Bertz CT molecular complexity index is 325. The highest BCUT2D eigenvalue weighted by Crippen LogP contribution is 2.02. The number of hydrogen-bond donors (Lipinski definition) is 1. The molecule has 18 heavy (non-hydrogen) atoms. The minimum Gasteiger partial charge on any atom is -0.313 e. The SMILES string of the molecule is CN(CCCNC/C=C/CCl)Cc1ccccc1. The summed E-state index contributed by atoms with van der Waals surface area (Å²) in [4.78, 5) is 2.35. The highest BCUT2D eigenvalue weighted by molar-refractivity contribution is 6.18. The second-order valence-corrected chi connectivity index (χ2v) is 4.72. The minimum atomic E-state index is 0.599. The summed E-state index contributed by atoms with van der Waals surface area (Å²) in [6, 6.07) is 10.6. The lowest BCUT2D eigenvalue weighted by Crippen LogP contribution is -2.24. The van der Waals surface area contributed by atoms with Gasteiger partial charge in [0.2, 0.25) is 0 Å². The molecule has 0 aliphatic rings. The molecule has 1 rings (SSSR count). The summed E-state index contributed by atoms with van der Waals surface area (Å²) >= 11 is 5.54. The normalized spacial score (nSPS) is 11.5. The molecule has 0 spiro atoms. The van der Waals surface area contributed by atoms with Gasteiger partial charge < -0.3 is 10.2 Å². The van der Waals surface area contributed by atoms with E-state index in [4.69, 9.17) is 11.6 Å². The van der Waals surface area contributed by atoms with Crippen LogP contribution in [0.3, 0.4) is 0 Å². The van der Waals surface area contributed by atoms with Gasteiger partial charge >= 0.3 is 0 Å². The maximum atomic E-state index is 5.54. The van der Waals surface area contributed by atoms with Crippen molar-refractivity contribution in [2.45, 2.75) is 13.0 Å². The quantitative estimate of drug-likeness (QED) is 0.420. The lowest BCUT2D eigenvalue weighted by Gasteiger charge is -2.16. The predicted octanol–water partition coefficient (Wildman–Crippen LogP) is 2.89. The summed E-state index contributed by atoms with van der Waals surface area (Å²) in [6.07, 6.45) is 5.20. The van der Waals surface area contributed by atoms with Crippen LogP contribution in [0.5, 0.6) is 0 Å². The zero-order valence-electron chi connectivity index (χ0n) is 11.1. The van der Waals surface area contributed by atoms with E-state index >= 15 is 0 Å². The van der Waals surface area contributed by atoms with E-state index in [1.807, 2.05) is 6.08 Å². The van der Waals surface area contributed by atoms with E-state index in [1.165, 1.54) is 5.56 Å². The summed E-state index contributed by atoms with van der Waals surface area (Å²) in [7, 11) is 2.17. The smallest absolute Gasteiger partial charge is 0.0404 e. The van der Waals surface area contributed by atoms with E-state index in [9.17, 15) is 0 Å². The molecule has 1 N–H and O–H groups in total. The molecule has 0 aliphatic heterocycles. The van der Waals surface area contributed by atoms with Crippen LogP contribution in [0.2, 0.25) is 0 Å². The van der Waals surface area contributed by atoms with Gasteiger partial charge in [-0.25, -0.2) is 0 Å². The Morgan fingerprint density at radius 1 is 1.22 bits per heavy atom. The van der Waals surface area contributed by atoms with Gasteiger partial charge in [0, 0.05) is 19.0 Å². The predicted molar refractivity (Wildman–Crippen MR) is 80.1 cm³/mol. The van der Waals surface area contributed by atoms with E-state index < -0.39 is 0 Å². The van der Waals surface area contributed by atoms with E-state index in [0.717, 1.165) is 32.6 Å². The Labute approximate surface area is 116 Å². The van der Waals surface area contributed by atoms with Crippen LogP contribution < -0.4 is 5.32 Å². The summed E-state index contributed by atoms with van der Waals surface area (Å²) in [5.41, 5.74) is 1.37. The molecule has 0 saturated carbocycles. The Morgan fingerprint density at radius 2 is 2.00 bits per heavy atom. The van der Waals surface area contributed by atoms with Gasteiger partial charge in [-0.1, -0.05) is 42.5 Å². The van der Waals surface area contributed by atoms with E-state index in [1.54, 1.807) is 0 Å². The van der Waals surface area contributed by atoms with Crippen LogP contribution >= 0.6 is 11.6 Å². The van der Waals surface area contributed by atoms with Gasteiger partial charge in [-0.3, -0.25) is 0 Å². The molecule has 0 saturated heterocycles. The maximum Gasteiger partial charge on any atom is 0.0404 e. The molecule has 1 aromatic carbocycles. The molecular weight excluding hydrogens is 244 g/mol. The Hall–Kier alpha value is -0.830. The van der Waals surface area contributed by atoms with Crippen molar-refractivity contribution in [3.05, 3.63) is 48.0 Å². The third kappa shape index (κ3) is 7.49. The molecule has 100 valence electrons. The van der Waals surface area contributed by atoms with Gasteiger partial charge in [0.25, 0.3) is 0 Å². The molecule has 0 bridgehead atoms. The summed E-state index contributed by atoms with van der Waals surface area (Å²) < 4.78 is 0. The fraction of sp³-hybridized carbons (Fsp3) is 0.467. The largest absolute Gasteiger partial charge is 0.313 e. The monoisotopic (exact) mass is 266 g/mol. The average Bonchev–Trinajstić information content (AvgIpc) is 2.39. The van der Waals surface area contributed by atoms with Gasteiger partial charge in [-0.15, -0.1) is 11.6 Å². The maximum absolute atomic E-state index is 5.54. The summed E-state index contributed by atoms with van der Waals surface area (Å²) in [5, 5.41) is 3.37. The van der Waals surface area contributed by atoms with Crippen molar-refractivity contribution >= 4 is 11.6 Å². The summed E-state index contributed by atoms with van der Waals surface area (Å²) in [6.45, 7) is 4.09. The first-order chi connectivity index (χ1) is 8.83. The molecule has 0 heterocycles. The molecule has 0 unspecified atom stereocenters. The topological polar surface area (TPSA) is 15.3 Å². The Balaban J connectivity index is 2.03. The van der Waals surface area contributed by atoms with Gasteiger partial charge in [-0.2, -0.15) is 0 Å². The van der Waals surface area contributed by atoms with Gasteiger partial charge in [-0.05, 0) is 32.1 Å². The third-order valence-electron chi connectivity index (χ3n) is 2.71. The van der Waals surface area contributed by atoms with Crippen molar-refractivity contribution < 1.29 is 0 Å². The van der Waals surface area contributed by atoms with Crippen molar-refractivity contribution in [2.24, 2.45) is 0 Å². The van der Waals surface area contributed by atoms with E-state index in [-0.39, 0.29) is 0 Å². The second-order valence-electron chi connectivity index (χ2n) is 4.41. The van der Waals surface area contributed by atoms with Crippen molar-refractivity contribution in [2.75, 3.05) is 32.6 Å². The number of rotatable bonds is 9. The molecule has 2 nitrogen and oxygen atoms in total. The first-order valence-corrected chi connectivity index (χ1v) is 7.00. The number of benzene rings is 1. The second kappa shape index (κ2) is 10.1. The Morgan fingerprint density at radius 3 is 2.72 bits per heavy atom. The standard InChI is InChI=1S/C15H23ClN2/c1-18(14-15-8-3-2-4-9-15)13-7-12-17-11-6-5-10-16/h2-6,8-9,17H,7,10-14H2,1H3/b6-5+. The summed E-state index contributed by atoms with van der Waals surface area (Å²) in [5.74, 6) is 0.599. The van der Waals surface area contributed by atoms with Crippen LogP contribution in [0.15, 0.2) is 42.5 Å². The fourth-order valence-electron chi connectivity index (χ4n) is 1.78. The molecule has 0 fully saturated rings. The molecule has 0 radical (unpaired) electrons. The van der Waals surface area contributed by atoms with Gasteiger partial charge in [0.15, 0.2) is 0 Å². The van der Waals surface area contributed by atoms with Gasteiger partial charge in [0.1, 0.15) is 0 Å². The number of nitrogens with one attached hydrogen (secondary N) is 1. The molecule has 0 aliphatic carbocycles. The Kier molecular flexibility index (Phi) is 8.57. The van der Waals surface area contributed by atoms with Gasteiger partial charge in [0.05, 0.1) is 0 Å². The molecule has 0 amide bonds. The van der Waals surface area contributed by atoms with Crippen molar-refractivity contribution in [3.8, 4) is 0 Å². The van der Waals surface area contributed by atoms with Crippen molar-refractivity contribution in [3.63, 3.8) is 0 Å². The first kappa shape index (κ1) is 15.2. The highest BCUT2D eigenvalue weighted by atomic mass is 35.5. The lowest BCUT2D eigenvalue weighted by molar-refractivity contribution is 0.320. The molecule has 1 aromatic rings. The molecule has 0 aromatic heterocycles. The number of nitrogens with zero attached hydrogens (tertiary/aromatic N) is 1. The lowest BCUT2D eigenvalue weighted by atomic mass is 10.2. The molecular formula is C15H23ClN2. The van der Waals surface area contributed by atoms with E-state index in [2.05, 4.69) is 53.7 Å². The number of allylic oxidation sites excluding steroid dienone is 1. The molecule has 0 atom stereocenters. The molecule has 3 heteroatoms. The number of hydrogen-bond acceptors (Lipinski definition) is 2. The van der Waals surface area contributed by atoms with Crippen molar-refractivity contribution in [1.82, 2.24) is 10.2 Å².